The predicted octanol–water partition coefficient (Wildman–Crippen LogP) is 0.684. The highest BCUT2D eigenvalue weighted by Crippen LogP contribution is 2.24. The van der Waals surface area contributed by atoms with Gasteiger partial charge in [-0.3, -0.25) is 4.79 Å². The average Bonchev–Trinajstić information content (AvgIpc) is 2.59. The summed E-state index contributed by atoms with van der Waals surface area (Å²) >= 11 is 1.48. The summed E-state index contributed by atoms with van der Waals surface area (Å²) in [5.74, 6) is 0.112. The lowest BCUT2D eigenvalue weighted by atomic mass is 10.3. The number of aryl methyl sites for hydroxylation is 1. The molecule has 15 heavy (non-hydrogen) atoms. The van der Waals surface area contributed by atoms with Crippen LogP contribution in [0.4, 0.5) is 5.69 Å². The van der Waals surface area contributed by atoms with Crippen LogP contribution in [0.5, 0.6) is 0 Å². The van der Waals surface area contributed by atoms with E-state index in [9.17, 15) is 4.79 Å². The molecule has 0 spiro atoms. The first-order valence-corrected chi connectivity index (χ1v) is 5.86. The number of carbonyl (C=O) groups is 1. The second kappa shape index (κ2) is 4.20. The first-order chi connectivity index (χ1) is 7.18. The van der Waals surface area contributed by atoms with Gasteiger partial charge in [-0.15, -0.1) is 11.3 Å². The van der Waals surface area contributed by atoms with E-state index in [-0.39, 0.29) is 5.91 Å². The second-order valence-corrected chi connectivity index (χ2v) is 4.92. The lowest BCUT2D eigenvalue weighted by molar-refractivity contribution is 0.0740. The van der Waals surface area contributed by atoms with Gasteiger partial charge in [-0.05, 0) is 13.0 Å². The minimum Gasteiger partial charge on any atom is -0.398 e. The lowest BCUT2D eigenvalue weighted by Crippen LogP contribution is -2.46. The third-order valence-corrected chi connectivity index (χ3v) is 3.63. The Hall–Kier alpha value is -1.07. The third-order valence-electron chi connectivity index (χ3n) is 2.57. The minimum absolute atomic E-state index is 0.112. The number of nitrogen functional groups attached to an aromatic ring is 1. The number of nitrogens with two attached hydrogens (primary N) is 1. The molecule has 0 aromatic carbocycles. The zero-order valence-corrected chi connectivity index (χ0v) is 9.56. The van der Waals surface area contributed by atoms with Crippen molar-refractivity contribution in [2.75, 3.05) is 31.9 Å². The zero-order valence-electron chi connectivity index (χ0n) is 8.75. The van der Waals surface area contributed by atoms with Crippen molar-refractivity contribution in [3.63, 3.8) is 0 Å². The highest BCUT2D eigenvalue weighted by Gasteiger charge is 2.19. The number of anilines is 1. The summed E-state index contributed by atoms with van der Waals surface area (Å²) in [4.78, 5) is 15.7. The van der Waals surface area contributed by atoms with Gasteiger partial charge in [0.2, 0.25) is 0 Å². The number of amides is 1. The zero-order chi connectivity index (χ0) is 10.8. The molecule has 0 saturated carbocycles. The van der Waals surface area contributed by atoms with E-state index >= 15 is 0 Å². The fraction of sp³-hybridized carbons (Fsp3) is 0.500. The Kier molecular flexibility index (Phi) is 2.93. The Labute approximate surface area is 93.1 Å². The fourth-order valence-corrected chi connectivity index (χ4v) is 2.53. The van der Waals surface area contributed by atoms with Crippen molar-refractivity contribution in [2.45, 2.75) is 6.92 Å². The van der Waals surface area contributed by atoms with E-state index in [0.717, 1.165) is 41.6 Å². The van der Waals surface area contributed by atoms with Crippen LogP contribution in [0.3, 0.4) is 0 Å². The van der Waals surface area contributed by atoms with Gasteiger partial charge in [-0.25, -0.2) is 0 Å². The van der Waals surface area contributed by atoms with E-state index < -0.39 is 0 Å². The van der Waals surface area contributed by atoms with Crippen LogP contribution < -0.4 is 11.1 Å². The highest BCUT2D eigenvalue weighted by molar-refractivity contribution is 7.14. The van der Waals surface area contributed by atoms with Gasteiger partial charge in [0.15, 0.2) is 0 Å². The number of piperazine rings is 1. The van der Waals surface area contributed by atoms with Crippen LogP contribution in [-0.2, 0) is 0 Å². The van der Waals surface area contributed by atoms with Crippen molar-refractivity contribution < 1.29 is 4.79 Å². The molecule has 5 heteroatoms. The molecule has 1 fully saturated rings. The maximum Gasteiger partial charge on any atom is 0.264 e. The quantitative estimate of drug-likeness (QED) is 0.739. The molecule has 0 radical (unpaired) electrons. The van der Waals surface area contributed by atoms with E-state index in [0.29, 0.717) is 0 Å². The van der Waals surface area contributed by atoms with Gasteiger partial charge < -0.3 is 16.0 Å². The first-order valence-electron chi connectivity index (χ1n) is 5.04. The molecule has 3 N–H and O–H groups in total. The highest BCUT2D eigenvalue weighted by atomic mass is 32.1. The molecule has 4 nitrogen and oxygen atoms in total. The molecule has 0 unspecified atom stereocenters. The molecule has 1 aromatic rings. The Morgan fingerprint density at radius 1 is 1.53 bits per heavy atom. The maximum absolute atomic E-state index is 12.0. The SMILES string of the molecule is Cc1sc(C(=O)N2CCNCC2)cc1N. The van der Waals surface area contributed by atoms with Crippen molar-refractivity contribution in [3.8, 4) is 0 Å². The summed E-state index contributed by atoms with van der Waals surface area (Å²) in [6, 6.07) is 1.78. The van der Waals surface area contributed by atoms with Gasteiger partial charge in [0.05, 0.1) is 4.88 Å². The van der Waals surface area contributed by atoms with Crippen molar-refractivity contribution in [1.82, 2.24) is 10.2 Å². The predicted molar refractivity (Wildman–Crippen MR) is 62.2 cm³/mol. The normalized spacial score (nSPS) is 16.7. The monoisotopic (exact) mass is 225 g/mol. The topological polar surface area (TPSA) is 58.4 Å². The van der Waals surface area contributed by atoms with Gasteiger partial charge in [-0.1, -0.05) is 0 Å². The van der Waals surface area contributed by atoms with E-state index in [1.807, 2.05) is 11.8 Å². The number of carbonyl (C=O) groups excluding carboxylic acids is 1. The Morgan fingerprint density at radius 3 is 2.73 bits per heavy atom. The van der Waals surface area contributed by atoms with Gasteiger partial charge in [0, 0.05) is 36.7 Å². The number of hydrogen-bond acceptors (Lipinski definition) is 4. The summed E-state index contributed by atoms with van der Waals surface area (Å²) in [5.41, 5.74) is 6.46. The molecule has 1 aliphatic heterocycles. The van der Waals surface area contributed by atoms with Crippen molar-refractivity contribution in [3.05, 3.63) is 15.8 Å². The van der Waals surface area contributed by atoms with Gasteiger partial charge in [0.25, 0.3) is 5.91 Å². The van der Waals surface area contributed by atoms with Crippen LogP contribution in [0.15, 0.2) is 6.07 Å². The van der Waals surface area contributed by atoms with Crippen LogP contribution in [0, 0.1) is 6.92 Å². The summed E-state index contributed by atoms with van der Waals surface area (Å²) in [6.07, 6.45) is 0. The maximum atomic E-state index is 12.0. The number of hydrogen-bond donors (Lipinski definition) is 2. The summed E-state index contributed by atoms with van der Waals surface area (Å²) in [6.45, 7) is 5.27. The Bertz CT molecular complexity index is 349. The second-order valence-electron chi connectivity index (χ2n) is 3.66. The summed E-state index contributed by atoms with van der Waals surface area (Å²) in [7, 11) is 0. The molecule has 0 bridgehead atoms. The van der Waals surface area contributed by atoms with E-state index in [1.165, 1.54) is 11.3 Å². The van der Waals surface area contributed by atoms with Crippen molar-refractivity contribution in [2.24, 2.45) is 0 Å². The van der Waals surface area contributed by atoms with Crippen molar-refractivity contribution in [1.29, 1.82) is 0 Å². The number of rotatable bonds is 1. The molecular weight excluding hydrogens is 210 g/mol. The molecule has 0 aliphatic carbocycles. The molecule has 1 aliphatic rings. The Morgan fingerprint density at radius 2 is 2.20 bits per heavy atom. The average molecular weight is 225 g/mol. The molecule has 1 saturated heterocycles. The minimum atomic E-state index is 0.112. The van der Waals surface area contributed by atoms with Crippen LogP contribution >= 0.6 is 11.3 Å². The summed E-state index contributed by atoms with van der Waals surface area (Å²) in [5, 5.41) is 3.22. The van der Waals surface area contributed by atoms with Crippen LogP contribution in [-0.4, -0.2) is 37.0 Å². The summed E-state index contributed by atoms with van der Waals surface area (Å²) < 4.78 is 0. The number of nitrogens with one attached hydrogen (secondary N) is 1. The van der Waals surface area contributed by atoms with Crippen LogP contribution in [0.25, 0.3) is 0 Å². The third kappa shape index (κ3) is 2.13. The molecule has 2 rings (SSSR count). The molecule has 1 aromatic heterocycles. The fourth-order valence-electron chi connectivity index (χ4n) is 1.63. The van der Waals surface area contributed by atoms with Gasteiger partial charge >= 0.3 is 0 Å². The molecule has 0 atom stereocenters. The molecule has 82 valence electrons. The van der Waals surface area contributed by atoms with Gasteiger partial charge in [0.1, 0.15) is 0 Å². The largest absolute Gasteiger partial charge is 0.398 e. The van der Waals surface area contributed by atoms with E-state index in [2.05, 4.69) is 5.32 Å². The van der Waals surface area contributed by atoms with Crippen LogP contribution in [0.1, 0.15) is 14.5 Å². The van der Waals surface area contributed by atoms with Gasteiger partial charge in [-0.2, -0.15) is 0 Å². The molecule has 2 heterocycles. The molecular formula is C10H15N3OS. The standard InChI is InChI=1S/C10H15N3OS/c1-7-8(11)6-9(15-7)10(14)13-4-2-12-3-5-13/h6,12H,2-5,11H2,1H3. The van der Waals surface area contributed by atoms with Crippen LogP contribution in [0.2, 0.25) is 0 Å². The Balaban J connectivity index is 2.12. The molecule has 1 amide bonds. The first kappa shape index (κ1) is 10.4. The smallest absolute Gasteiger partial charge is 0.264 e. The van der Waals surface area contributed by atoms with E-state index in [4.69, 9.17) is 5.73 Å². The van der Waals surface area contributed by atoms with E-state index in [1.54, 1.807) is 6.07 Å². The number of thiophene rings is 1. The van der Waals surface area contributed by atoms with Crippen molar-refractivity contribution >= 4 is 22.9 Å². The number of nitrogens with zero attached hydrogens (tertiary/aromatic N) is 1. The lowest BCUT2D eigenvalue weighted by Gasteiger charge is -2.26.